The van der Waals surface area contributed by atoms with Crippen LogP contribution in [-0.2, 0) is 25.6 Å². The number of carboxylic acids is 1. The first-order chi connectivity index (χ1) is 12.5. The Kier molecular flexibility index (Phi) is 5.59. The Bertz CT molecular complexity index is 865. The van der Waals surface area contributed by atoms with Crippen molar-refractivity contribution in [3.05, 3.63) is 40.9 Å². The first-order valence-corrected chi connectivity index (χ1v) is 8.19. The van der Waals surface area contributed by atoms with Crippen LogP contribution in [0.1, 0.15) is 6.42 Å². The lowest BCUT2D eigenvalue weighted by Gasteiger charge is -2.31. The lowest BCUT2D eigenvalue weighted by molar-refractivity contribution is -0.148. The number of carboxylic acid groups (broad SMARTS) is 1. The van der Waals surface area contributed by atoms with Crippen molar-refractivity contribution >= 4 is 22.8 Å². The average molecular weight is 361 g/mol. The molecule has 2 N–H and O–H groups in total. The van der Waals surface area contributed by atoms with Crippen molar-refractivity contribution < 1.29 is 24.2 Å². The van der Waals surface area contributed by atoms with Gasteiger partial charge in [-0.3, -0.25) is 14.2 Å². The third kappa shape index (κ3) is 4.24. The normalized spacial score (nSPS) is 20.0. The molecule has 1 fully saturated rings. The molecule has 3 rings (SSSR count). The largest absolute Gasteiger partial charge is 0.480 e. The number of rotatable bonds is 6. The minimum atomic E-state index is -1.07. The van der Waals surface area contributed by atoms with Crippen molar-refractivity contribution in [2.75, 3.05) is 19.8 Å². The molecular weight excluding hydrogens is 342 g/mol. The summed E-state index contributed by atoms with van der Waals surface area (Å²) in [6, 6.07) is 6.43. The third-order valence-electron chi connectivity index (χ3n) is 4.11. The Balaban J connectivity index is 1.67. The first kappa shape index (κ1) is 18.0. The van der Waals surface area contributed by atoms with E-state index in [1.165, 1.54) is 10.9 Å². The predicted octanol–water partition coefficient (Wildman–Crippen LogP) is -0.229. The van der Waals surface area contributed by atoms with Gasteiger partial charge in [-0.25, -0.2) is 9.78 Å². The molecule has 0 radical (unpaired) electrons. The maximum atomic E-state index is 12.4. The van der Waals surface area contributed by atoms with Crippen LogP contribution in [0.3, 0.4) is 0 Å². The van der Waals surface area contributed by atoms with E-state index in [-0.39, 0.29) is 18.7 Å². The van der Waals surface area contributed by atoms with Crippen LogP contribution in [0, 0.1) is 0 Å². The van der Waals surface area contributed by atoms with Gasteiger partial charge in [-0.05, 0) is 18.6 Å². The Morgan fingerprint density at radius 1 is 1.38 bits per heavy atom. The van der Waals surface area contributed by atoms with Gasteiger partial charge in [0.1, 0.15) is 13.2 Å². The molecule has 0 bridgehead atoms. The molecule has 1 aromatic carbocycles. The minimum Gasteiger partial charge on any atom is -0.480 e. The van der Waals surface area contributed by atoms with E-state index in [0.717, 1.165) is 0 Å². The second-order valence-electron chi connectivity index (χ2n) is 5.98. The fourth-order valence-corrected chi connectivity index (χ4v) is 2.86. The maximum absolute atomic E-state index is 12.4. The second kappa shape index (κ2) is 8.07. The lowest BCUT2D eigenvalue weighted by Crippen LogP contribution is -2.52. The molecular formula is C17H19N3O6. The van der Waals surface area contributed by atoms with E-state index in [4.69, 9.17) is 14.6 Å². The monoisotopic (exact) mass is 361 g/mol. The smallest absolute Gasteiger partial charge is 0.329 e. The van der Waals surface area contributed by atoms with Crippen molar-refractivity contribution in [2.24, 2.45) is 0 Å². The Morgan fingerprint density at radius 2 is 2.19 bits per heavy atom. The van der Waals surface area contributed by atoms with Gasteiger partial charge in [0.15, 0.2) is 0 Å². The summed E-state index contributed by atoms with van der Waals surface area (Å²) in [5.74, 6) is -1.47. The quantitative estimate of drug-likeness (QED) is 0.729. The van der Waals surface area contributed by atoms with Crippen molar-refractivity contribution in [1.29, 1.82) is 0 Å². The zero-order valence-corrected chi connectivity index (χ0v) is 14.0. The molecule has 1 saturated heterocycles. The van der Waals surface area contributed by atoms with Gasteiger partial charge in [0.2, 0.25) is 5.91 Å². The maximum Gasteiger partial charge on any atom is 0.329 e. The molecule has 0 spiro atoms. The summed E-state index contributed by atoms with van der Waals surface area (Å²) in [5.41, 5.74) is 0.265. The highest BCUT2D eigenvalue weighted by Gasteiger charge is 2.28. The van der Waals surface area contributed by atoms with Crippen molar-refractivity contribution in [2.45, 2.75) is 25.1 Å². The van der Waals surface area contributed by atoms with Gasteiger partial charge in [0, 0.05) is 6.61 Å². The molecule has 1 aliphatic rings. The molecule has 0 unspecified atom stereocenters. The SMILES string of the molecule is O=C(O)CO[C@@H]1CCOC[C@@H]1NC(=O)Cn1cnc2ccccc2c1=O. The summed E-state index contributed by atoms with van der Waals surface area (Å²) < 4.78 is 11.9. The topological polar surface area (TPSA) is 120 Å². The van der Waals surface area contributed by atoms with Gasteiger partial charge in [-0.1, -0.05) is 12.1 Å². The van der Waals surface area contributed by atoms with Gasteiger partial charge in [-0.2, -0.15) is 0 Å². The molecule has 0 aliphatic carbocycles. The Hall–Kier alpha value is -2.78. The highest BCUT2D eigenvalue weighted by Crippen LogP contribution is 2.12. The predicted molar refractivity (Wildman–Crippen MR) is 90.7 cm³/mol. The Labute approximate surface area is 148 Å². The molecule has 2 aromatic rings. The molecule has 1 amide bonds. The fraction of sp³-hybridized carbons (Fsp3) is 0.412. The average Bonchev–Trinajstić information content (AvgIpc) is 2.63. The van der Waals surface area contributed by atoms with Crippen LogP contribution in [0.2, 0.25) is 0 Å². The molecule has 1 aromatic heterocycles. The number of benzene rings is 1. The van der Waals surface area contributed by atoms with E-state index in [0.29, 0.717) is 23.9 Å². The molecule has 2 atom stereocenters. The number of aromatic nitrogens is 2. The van der Waals surface area contributed by atoms with Gasteiger partial charge in [0.05, 0.1) is 36.0 Å². The Morgan fingerprint density at radius 3 is 3.00 bits per heavy atom. The number of carbonyl (C=O) groups is 2. The molecule has 26 heavy (non-hydrogen) atoms. The number of hydrogen-bond acceptors (Lipinski definition) is 6. The van der Waals surface area contributed by atoms with Crippen LogP contribution in [0.5, 0.6) is 0 Å². The van der Waals surface area contributed by atoms with Crippen LogP contribution >= 0.6 is 0 Å². The summed E-state index contributed by atoms with van der Waals surface area (Å²) in [4.78, 5) is 39.6. The number of hydrogen-bond donors (Lipinski definition) is 2. The van der Waals surface area contributed by atoms with Crippen molar-refractivity contribution in [1.82, 2.24) is 14.9 Å². The second-order valence-corrected chi connectivity index (χ2v) is 5.98. The van der Waals surface area contributed by atoms with Crippen LogP contribution < -0.4 is 10.9 Å². The first-order valence-electron chi connectivity index (χ1n) is 8.19. The minimum absolute atomic E-state index is 0.196. The zero-order chi connectivity index (χ0) is 18.5. The summed E-state index contributed by atoms with van der Waals surface area (Å²) in [7, 11) is 0. The number of carbonyl (C=O) groups excluding carboxylic acids is 1. The van der Waals surface area contributed by atoms with Crippen LogP contribution in [0.15, 0.2) is 35.4 Å². The zero-order valence-electron chi connectivity index (χ0n) is 14.0. The molecule has 1 aliphatic heterocycles. The van der Waals surface area contributed by atoms with Crippen LogP contribution in [0.25, 0.3) is 10.9 Å². The van der Waals surface area contributed by atoms with E-state index in [2.05, 4.69) is 10.3 Å². The molecule has 138 valence electrons. The summed E-state index contributed by atoms with van der Waals surface area (Å²) in [5, 5.41) is 11.9. The van der Waals surface area contributed by atoms with Crippen molar-refractivity contribution in [3.63, 3.8) is 0 Å². The highest BCUT2D eigenvalue weighted by atomic mass is 16.5. The fourth-order valence-electron chi connectivity index (χ4n) is 2.86. The summed E-state index contributed by atoms with van der Waals surface area (Å²) >= 11 is 0. The summed E-state index contributed by atoms with van der Waals surface area (Å²) in [6.45, 7) is 0.0233. The van der Waals surface area contributed by atoms with Crippen LogP contribution in [-0.4, -0.2) is 58.5 Å². The molecule has 0 saturated carbocycles. The third-order valence-corrected chi connectivity index (χ3v) is 4.11. The van der Waals surface area contributed by atoms with E-state index in [1.807, 2.05) is 0 Å². The van der Waals surface area contributed by atoms with Gasteiger partial charge < -0.3 is 19.9 Å². The standard InChI is InChI=1S/C17H19N3O6/c21-15(19-13-8-25-6-5-14(13)26-9-16(22)23)7-20-10-18-12-4-2-1-3-11(12)17(20)24/h1-4,10,13-14H,5-9H2,(H,19,21)(H,22,23)/t13-,14+/m0/s1. The highest BCUT2D eigenvalue weighted by molar-refractivity contribution is 5.79. The van der Waals surface area contributed by atoms with Gasteiger partial charge >= 0.3 is 5.97 Å². The number of fused-ring (bicyclic) bond motifs is 1. The molecule has 9 heteroatoms. The number of ether oxygens (including phenoxy) is 2. The number of amides is 1. The van der Waals surface area contributed by atoms with Gasteiger partial charge in [0.25, 0.3) is 5.56 Å². The molecule has 9 nitrogen and oxygen atoms in total. The van der Waals surface area contributed by atoms with Gasteiger partial charge in [-0.15, -0.1) is 0 Å². The van der Waals surface area contributed by atoms with E-state index < -0.39 is 30.6 Å². The van der Waals surface area contributed by atoms with E-state index in [1.54, 1.807) is 24.3 Å². The van der Waals surface area contributed by atoms with E-state index >= 15 is 0 Å². The van der Waals surface area contributed by atoms with Crippen molar-refractivity contribution in [3.8, 4) is 0 Å². The van der Waals surface area contributed by atoms with Crippen LogP contribution in [0.4, 0.5) is 0 Å². The summed E-state index contributed by atoms with van der Waals surface area (Å²) in [6.07, 6.45) is 1.37. The number of aliphatic carboxylic acids is 1. The number of nitrogens with zero attached hydrogens (tertiary/aromatic N) is 2. The number of para-hydroxylation sites is 1. The number of nitrogens with one attached hydrogen (secondary N) is 1. The lowest BCUT2D eigenvalue weighted by atomic mass is 10.1. The molecule has 2 heterocycles. The van der Waals surface area contributed by atoms with E-state index in [9.17, 15) is 14.4 Å².